The van der Waals surface area contributed by atoms with Crippen LogP contribution in [0.5, 0.6) is 0 Å². The average Bonchev–Trinajstić information content (AvgIpc) is 2.84. The Morgan fingerprint density at radius 3 is 2.65 bits per heavy atom. The molecule has 3 rings (SSSR count). The number of carbonyl (C=O) groups excluding carboxylic acids is 2. The molecule has 0 saturated carbocycles. The van der Waals surface area contributed by atoms with Crippen molar-refractivity contribution in [2.24, 2.45) is 5.92 Å². The minimum absolute atomic E-state index is 0.218. The van der Waals surface area contributed by atoms with E-state index in [1.807, 2.05) is 4.90 Å². The molecule has 0 spiro atoms. The summed E-state index contributed by atoms with van der Waals surface area (Å²) in [7, 11) is 1.54. The van der Waals surface area contributed by atoms with Crippen LogP contribution in [0.15, 0.2) is 23.9 Å². The van der Waals surface area contributed by atoms with Gasteiger partial charge in [0.05, 0.1) is 23.7 Å². The van der Waals surface area contributed by atoms with Crippen LogP contribution in [0.2, 0.25) is 10.0 Å². The maximum absolute atomic E-state index is 13.1. The van der Waals surface area contributed by atoms with Crippen LogP contribution in [-0.4, -0.2) is 55.0 Å². The third-order valence-electron chi connectivity index (χ3n) is 4.84. The van der Waals surface area contributed by atoms with Gasteiger partial charge in [0.2, 0.25) is 0 Å². The van der Waals surface area contributed by atoms with Crippen molar-refractivity contribution in [2.45, 2.75) is 19.8 Å². The molecule has 1 unspecified atom stereocenters. The van der Waals surface area contributed by atoms with Crippen LogP contribution in [0, 0.1) is 5.92 Å². The highest BCUT2D eigenvalue weighted by Crippen LogP contribution is 2.37. The van der Waals surface area contributed by atoms with E-state index in [-0.39, 0.29) is 18.4 Å². The molecule has 1 fully saturated rings. The van der Waals surface area contributed by atoms with Crippen molar-refractivity contribution in [3.05, 3.63) is 39.5 Å². The standard InChI is InChI=1S/C19H22Cl2N2O3/c1-12-4-3-7-22(11-12)17-16(14-6-5-13(20)10-15(14)21)18(24)23(19(17)25)8-9-26-2/h5-6,10,12H,3-4,7-9,11H2,1-2H3. The molecule has 26 heavy (non-hydrogen) atoms. The summed E-state index contributed by atoms with van der Waals surface area (Å²) < 4.78 is 5.06. The molecular weight excluding hydrogens is 375 g/mol. The molecule has 2 amide bonds. The van der Waals surface area contributed by atoms with Crippen LogP contribution < -0.4 is 0 Å². The van der Waals surface area contributed by atoms with E-state index < -0.39 is 0 Å². The lowest BCUT2D eigenvalue weighted by Gasteiger charge is -2.33. The van der Waals surface area contributed by atoms with Gasteiger partial charge in [0.25, 0.3) is 11.8 Å². The first-order valence-electron chi connectivity index (χ1n) is 8.73. The first kappa shape index (κ1) is 19.2. The molecule has 0 aliphatic carbocycles. The van der Waals surface area contributed by atoms with E-state index in [0.717, 1.165) is 25.9 Å². The summed E-state index contributed by atoms with van der Waals surface area (Å²) in [5.41, 5.74) is 1.35. The van der Waals surface area contributed by atoms with E-state index in [1.54, 1.807) is 25.3 Å². The monoisotopic (exact) mass is 396 g/mol. The van der Waals surface area contributed by atoms with Crippen molar-refractivity contribution in [2.75, 3.05) is 33.4 Å². The van der Waals surface area contributed by atoms with Gasteiger partial charge in [-0.1, -0.05) is 36.2 Å². The molecule has 0 bridgehead atoms. The van der Waals surface area contributed by atoms with Crippen LogP contribution in [0.25, 0.3) is 5.57 Å². The minimum Gasteiger partial charge on any atom is -0.383 e. The number of benzene rings is 1. The number of hydrogen-bond acceptors (Lipinski definition) is 4. The van der Waals surface area contributed by atoms with Crippen molar-refractivity contribution in [1.82, 2.24) is 9.80 Å². The number of amides is 2. The molecule has 1 aromatic carbocycles. The summed E-state index contributed by atoms with van der Waals surface area (Å²) in [6.45, 7) is 4.18. The molecule has 0 aromatic heterocycles. The van der Waals surface area contributed by atoms with E-state index >= 15 is 0 Å². The third-order valence-corrected chi connectivity index (χ3v) is 5.38. The number of likely N-dealkylation sites (tertiary alicyclic amines) is 1. The number of ether oxygens (including phenoxy) is 1. The topological polar surface area (TPSA) is 49.9 Å². The molecule has 2 aliphatic heterocycles. The van der Waals surface area contributed by atoms with Gasteiger partial charge in [-0.3, -0.25) is 14.5 Å². The molecule has 0 N–H and O–H groups in total. The molecule has 2 aliphatic rings. The fourth-order valence-electron chi connectivity index (χ4n) is 3.57. The lowest BCUT2D eigenvalue weighted by Crippen LogP contribution is -2.40. The predicted octanol–water partition coefficient (Wildman–Crippen LogP) is 3.45. The maximum Gasteiger partial charge on any atom is 0.277 e. The first-order chi connectivity index (χ1) is 12.4. The van der Waals surface area contributed by atoms with Crippen molar-refractivity contribution >= 4 is 40.6 Å². The summed E-state index contributed by atoms with van der Waals surface area (Å²) in [6, 6.07) is 4.98. The van der Waals surface area contributed by atoms with Crippen molar-refractivity contribution < 1.29 is 14.3 Å². The minimum atomic E-state index is -0.329. The van der Waals surface area contributed by atoms with Gasteiger partial charge in [0.1, 0.15) is 5.70 Å². The van der Waals surface area contributed by atoms with Crippen molar-refractivity contribution in [3.63, 3.8) is 0 Å². The second kappa shape index (κ2) is 7.99. The Balaban J connectivity index is 2.08. The lowest BCUT2D eigenvalue weighted by atomic mass is 9.97. The number of rotatable bonds is 5. The van der Waals surface area contributed by atoms with Gasteiger partial charge >= 0.3 is 0 Å². The smallest absolute Gasteiger partial charge is 0.277 e. The van der Waals surface area contributed by atoms with Gasteiger partial charge in [0, 0.05) is 30.8 Å². The van der Waals surface area contributed by atoms with E-state index in [0.29, 0.717) is 39.4 Å². The van der Waals surface area contributed by atoms with E-state index in [4.69, 9.17) is 27.9 Å². The van der Waals surface area contributed by atoms with Gasteiger partial charge < -0.3 is 9.64 Å². The summed E-state index contributed by atoms with van der Waals surface area (Å²) in [5.74, 6) is -0.138. The Morgan fingerprint density at radius 1 is 1.23 bits per heavy atom. The second-order valence-corrected chi connectivity index (χ2v) is 7.64. The van der Waals surface area contributed by atoms with E-state index in [2.05, 4.69) is 6.92 Å². The van der Waals surface area contributed by atoms with E-state index in [9.17, 15) is 9.59 Å². The molecule has 0 radical (unpaired) electrons. The zero-order chi connectivity index (χ0) is 18.8. The van der Waals surface area contributed by atoms with Crippen molar-refractivity contribution in [3.8, 4) is 0 Å². The third kappa shape index (κ3) is 3.61. The zero-order valence-electron chi connectivity index (χ0n) is 14.9. The molecule has 1 atom stereocenters. The Kier molecular flexibility index (Phi) is 5.90. The highest BCUT2D eigenvalue weighted by Gasteiger charge is 2.42. The lowest BCUT2D eigenvalue weighted by molar-refractivity contribution is -0.138. The van der Waals surface area contributed by atoms with Gasteiger partial charge in [0.15, 0.2) is 0 Å². The molecule has 1 saturated heterocycles. The zero-order valence-corrected chi connectivity index (χ0v) is 16.4. The van der Waals surface area contributed by atoms with Gasteiger partial charge in [-0.05, 0) is 30.9 Å². The van der Waals surface area contributed by atoms with E-state index in [1.165, 1.54) is 4.90 Å². The molecule has 5 nitrogen and oxygen atoms in total. The Hall–Kier alpha value is -1.56. The summed E-state index contributed by atoms with van der Waals surface area (Å²) in [4.78, 5) is 29.4. The number of hydrogen-bond donors (Lipinski definition) is 0. The van der Waals surface area contributed by atoms with Crippen LogP contribution in [0.1, 0.15) is 25.3 Å². The maximum atomic E-state index is 13.1. The second-order valence-electron chi connectivity index (χ2n) is 6.80. The van der Waals surface area contributed by atoms with Crippen LogP contribution in [0.3, 0.4) is 0 Å². The summed E-state index contributed by atoms with van der Waals surface area (Å²) in [6.07, 6.45) is 2.11. The fraction of sp³-hybridized carbons (Fsp3) is 0.474. The Bertz CT molecular complexity index is 763. The normalized spacial score (nSPS) is 21.2. The van der Waals surface area contributed by atoms with Crippen LogP contribution in [0.4, 0.5) is 0 Å². The Labute approximate surface area is 163 Å². The number of nitrogens with zero attached hydrogens (tertiary/aromatic N) is 2. The van der Waals surface area contributed by atoms with Gasteiger partial charge in [-0.25, -0.2) is 0 Å². The molecule has 140 valence electrons. The van der Waals surface area contributed by atoms with Crippen LogP contribution in [-0.2, 0) is 14.3 Å². The highest BCUT2D eigenvalue weighted by atomic mass is 35.5. The molecular formula is C19H22Cl2N2O3. The summed E-state index contributed by atoms with van der Waals surface area (Å²) >= 11 is 12.4. The SMILES string of the molecule is COCCN1C(=O)C(c2ccc(Cl)cc2Cl)=C(N2CCCC(C)C2)C1=O. The first-order valence-corrected chi connectivity index (χ1v) is 9.49. The van der Waals surface area contributed by atoms with Crippen LogP contribution >= 0.6 is 23.2 Å². The molecule has 1 aromatic rings. The highest BCUT2D eigenvalue weighted by molar-refractivity contribution is 6.41. The average molecular weight is 397 g/mol. The number of imide groups is 1. The number of methoxy groups -OCH3 is 1. The van der Waals surface area contributed by atoms with Crippen molar-refractivity contribution in [1.29, 1.82) is 0 Å². The summed E-state index contributed by atoms with van der Waals surface area (Å²) in [5, 5.41) is 0.852. The number of piperidine rings is 1. The molecule has 7 heteroatoms. The quantitative estimate of drug-likeness (QED) is 0.715. The Morgan fingerprint density at radius 2 is 2.00 bits per heavy atom. The molecule has 2 heterocycles. The predicted molar refractivity (Wildman–Crippen MR) is 102 cm³/mol. The number of carbonyl (C=O) groups is 2. The largest absolute Gasteiger partial charge is 0.383 e. The van der Waals surface area contributed by atoms with Gasteiger partial charge in [-0.15, -0.1) is 0 Å². The van der Waals surface area contributed by atoms with Gasteiger partial charge in [-0.2, -0.15) is 0 Å². The fourth-order valence-corrected chi connectivity index (χ4v) is 4.07. The number of halogens is 2.